The molecular formula is C22H22N2O6. The molecule has 1 aromatic carbocycles. The molecule has 0 radical (unpaired) electrons. The Hall–Kier alpha value is -3.68. The molecule has 156 valence electrons. The fourth-order valence-corrected chi connectivity index (χ4v) is 3.07. The van der Waals surface area contributed by atoms with Crippen LogP contribution in [0.2, 0.25) is 0 Å². The number of esters is 1. The Morgan fingerprint density at radius 2 is 1.83 bits per heavy atom. The largest absolute Gasteiger partial charge is 0.482 e. The summed E-state index contributed by atoms with van der Waals surface area (Å²) in [6.07, 6.45) is 0. The van der Waals surface area contributed by atoms with Crippen LogP contribution in [0, 0.1) is 20.8 Å². The van der Waals surface area contributed by atoms with Gasteiger partial charge in [-0.2, -0.15) is 0 Å². The van der Waals surface area contributed by atoms with Gasteiger partial charge in [0.15, 0.2) is 24.8 Å². The minimum atomic E-state index is -0.683. The predicted molar refractivity (Wildman–Crippen MR) is 107 cm³/mol. The van der Waals surface area contributed by atoms with Crippen molar-refractivity contribution in [2.45, 2.75) is 27.7 Å². The van der Waals surface area contributed by atoms with Crippen LogP contribution in [0.3, 0.4) is 0 Å². The molecule has 0 atom stereocenters. The number of Topliss-reactive ketones (excluding diaryl/α,β-unsaturated/α-hetero) is 2. The van der Waals surface area contributed by atoms with E-state index >= 15 is 0 Å². The standard InChI is InChI=1S/C22H22N2O6/c1-13-8-19(15(3)24(13)21-9-14(2)30-23-21)20(26)11-29-22(27)12-28-18-7-5-6-17(10-18)16(4)25/h5-10H,11-12H2,1-4H3. The summed E-state index contributed by atoms with van der Waals surface area (Å²) in [5.74, 6) is 0.497. The summed E-state index contributed by atoms with van der Waals surface area (Å²) >= 11 is 0. The van der Waals surface area contributed by atoms with Crippen molar-refractivity contribution >= 4 is 17.5 Å². The molecule has 8 nitrogen and oxygen atoms in total. The van der Waals surface area contributed by atoms with Crippen LogP contribution >= 0.6 is 0 Å². The molecule has 0 aliphatic carbocycles. The molecule has 0 saturated carbocycles. The van der Waals surface area contributed by atoms with E-state index in [4.69, 9.17) is 14.0 Å². The number of aromatic nitrogens is 2. The quantitative estimate of drug-likeness (QED) is 0.414. The van der Waals surface area contributed by atoms with Gasteiger partial charge in [-0.05, 0) is 45.9 Å². The molecule has 0 fully saturated rings. The van der Waals surface area contributed by atoms with Gasteiger partial charge in [-0.3, -0.25) is 14.2 Å². The second-order valence-electron chi connectivity index (χ2n) is 6.87. The van der Waals surface area contributed by atoms with Gasteiger partial charge in [0.1, 0.15) is 11.5 Å². The first kappa shape index (κ1) is 21.0. The van der Waals surface area contributed by atoms with Gasteiger partial charge in [-0.1, -0.05) is 17.3 Å². The number of hydrogen-bond acceptors (Lipinski definition) is 7. The topological polar surface area (TPSA) is 101 Å². The molecular weight excluding hydrogens is 388 g/mol. The van der Waals surface area contributed by atoms with E-state index in [2.05, 4.69) is 5.16 Å². The second kappa shape index (κ2) is 8.77. The third kappa shape index (κ3) is 4.65. The molecule has 0 aliphatic heterocycles. The number of aryl methyl sites for hydroxylation is 2. The Kier molecular flexibility index (Phi) is 6.15. The van der Waals surface area contributed by atoms with E-state index < -0.39 is 12.6 Å². The van der Waals surface area contributed by atoms with Crippen molar-refractivity contribution in [3.63, 3.8) is 0 Å². The molecule has 0 saturated heterocycles. The highest BCUT2D eigenvalue weighted by Gasteiger charge is 2.19. The normalized spacial score (nSPS) is 10.7. The summed E-state index contributed by atoms with van der Waals surface area (Å²) in [6.45, 7) is 6.10. The molecule has 0 unspecified atom stereocenters. The van der Waals surface area contributed by atoms with Gasteiger partial charge in [-0.15, -0.1) is 0 Å². The number of ether oxygens (including phenoxy) is 2. The van der Waals surface area contributed by atoms with Crippen LogP contribution in [-0.2, 0) is 9.53 Å². The van der Waals surface area contributed by atoms with Crippen LogP contribution in [0.15, 0.2) is 40.9 Å². The van der Waals surface area contributed by atoms with Crippen LogP contribution in [0.1, 0.15) is 44.8 Å². The van der Waals surface area contributed by atoms with Gasteiger partial charge in [0.05, 0.1) is 0 Å². The Bertz CT molecular complexity index is 1110. The zero-order valence-electron chi connectivity index (χ0n) is 17.2. The average molecular weight is 410 g/mol. The molecule has 0 bridgehead atoms. The summed E-state index contributed by atoms with van der Waals surface area (Å²) in [5, 5.41) is 3.98. The molecule has 3 aromatic rings. The van der Waals surface area contributed by atoms with Gasteiger partial charge in [0, 0.05) is 28.6 Å². The van der Waals surface area contributed by atoms with Crippen molar-refractivity contribution < 1.29 is 28.4 Å². The smallest absolute Gasteiger partial charge is 0.344 e. The Morgan fingerprint density at radius 1 is 1.07 bits per heavy atom. The molecule has 0 N–H and O–H groups in total. The number of nitrogens with zero attached hydrogens (tertiary/aromatic N) is 2. The third-order valence-corrected chi connectivity index (χ3v) is 4.54. The van der Waals surface area contributed by atoms with E-state index in [-0.39, 0.29) is 18.2 Å². The number of rotatable bonds is 8. The lowest BCUT2D eigenvalue weighted by Gasteiger charge is -2.08. The van der Waals surface area contributed by atoms with E-state index in [0.717, 1.165) is 5.69 Å². The first-order valence-electron chi connectivity index (χ1n) is 9.31. The maximum atomic E-state index is 12.6. The number of benzene rings is 1. The van der Waals surface area contributed by atoms with Crippen molar-refractivity contribution in [1.29, 1.82) is 0 Å². The zero-order valence-corrected chi connectivity index (χ0v) is 17.2. The van der Waals surface area contributed by atoms with E-state index in [1.165, 1.54) is 6.92 Å². The van der Waals surface area contributed by atoms with Crippen LogP contribution in [0.5, 0.6) is 5.75 Å². The number of carbonyl (C=O) groups is 3. The van der Waals surface area contributed by atoms with Crippen LogP contribution in [-0.4, -0.2) is 40.5 Å². The fraction of sp³-hybridized carbons (Fsp3) is 0.273. The van der Waals surface area contributed by atoms with Gasteiger partial charge in [0.2, 0.25) is 5.78 Å². The molecule has 2 aromatic heterocycles. The molecule has 0 aliphatic rings. The fourth-order valence-electron chi connectivity index (χ4n) is 3.07. The predicted octanol–water partition coefficient (Wildman–Crippen LogP) is 3.40. The van der Waals surface area contributed by atoms with Gasteiger partial charge in [0.25, 0.3) is 0 Å². The van der Waals surface area contributed by atoms with Crippen molar-refractivity contribution in [1.82, 2.24) is 9.72 Å². The van der Waals surface area contributed by atoms with Gasteiger partial charge >= 0.3 is 5.97 Å². The van der Waals surface area contributed by atoms with E-state index in [9.17, 15) is 14.4 Å². The first-order valence-corrected chi connectivity index (χ1v) is 9.31. The molecule has 0 amide bonds. The number of hydrogen-bond donors (Lipinski definition) is 0. The van der Waals surface area contributed by atoms with Crippen molar-refractivity contribution in [2.75, 3.05) is 13.2 Å². The van der Waals surface area contributed by atoms with Gasteiger partial charge in [-0.25, -0.2) is 4.79 Å². The average Bonchev–Trinajstić information content (AvgIpc) is 3.26. The minimum absolute atomic E-state index is 0.105. The monoisotopic (exact) mass is 410 g/mol. The van der Waals surface area contributed by atoms with Gasteiger partial charge < -0.3 is 14.0 Å². The highest BCUT2D eigenvalue weighted by atomic mass is 16.6. The zero-order chi connectivity index (χ0) is 21.8. The highest BCUT2D eigenvalue weighted by molar-refractivity contribution is 5.99. The summed E-state index contributed by atoms with van der Waals surface area (Å²) in [4.78, 5) is 35.9. The SMILES string of the molecule is CC(=O)c1cccc(OCC(=O)OCC(=O)c2cc(C)n(-c3cc(C)on3)c2C)c1. The Balaban J connectivity index is 1.59. The Morgan fingerprint density at radius 3 is 2.50 bits per heavy atom. The minimum Gasteiger partial charge on any atom is -0.482 e. The number of carbonyl (C=O) groups excluding carboxylic acids is 3. The van der Waals surface area contributed by atoms with E-state index in [1.54, 1.807) is 54.8 Å². The molecule has 8 heteroatoms. The second-order valence-corrected chi connectivity index (χ2v) is 6.87. The first-order chi connectivity index (χ1) is 14.3. The molecule has 30 heavy (non-hydrogen) atoms. The van der Waals surface area contributed by atoms with Crippen LogP contribution < -0.4 is 4.74 Å². The van der Waals surface area contributed by atoms with Crippen LogP contribution in [0.25, 0.3) is 5.82 Å². The lowest BCUT2D eigenvalue weighted by Crippen LogP contribution is -2.20. The lowest BCUT2D eigenvalue weighted by molar-refractivity contribution is -0.144. The Labute approximate surface area is 173 Å². The maximum absolute atomic E-state index is 12.6. The molecule has 2 heterocycles. The lowest BCUT2D eigenvalue weighted by atomic mass is 10.1. The van der Waals surface area contributed by atoms with E-state index in [0.29, 0.717) is 34.1 Å². The summed E-state index contributed by atoms with van der Waals surface area (Å²) in [6, 6.07) is 9.98. The molecule has 3 rings (SSSR count). The number of ketones is 2. The third-order valence-electron chi connectivity index (χ3n) is 4.54. The summed E-state index contributed by atoms with van der Waals surface area (Å²) in [7, 11) is 0. The van der Waals surface area contributed by atoms with Crippen molar-refractivity contribution in [2.24, 2.45) is 0 Å². The summed E-state index contributed by atoms with van der Waals surface area (Å²) < 4.78 is 17.3. The highest BCUT2D eigenvalue weighted by Crippen LogP contribution is 2.21. The summed E-state index contributed by atoms with van der Waals surface area (Å²) in [5.41, 5.74) is 2.41. The molecule has 0 spiro atoms. The van der Waals surface area contributed by atoms with Crippen molar-refractivity contribution in [3.05, 3.63) is 64.7 Å². The maximum Gasteiger partial charge on any atom is 0.344 e. The van der Waals surface area contributed by atoms with Crippen LogP contribution in [0.4, 0.5) is 0 Å². The van der Waals surface area contributed by atoms with Crippen molar-refractivity contribution in [3.8, 4) is 11.6 Å². The van der Waals surface area contributed by atoms with E-state index in [1.807, 2.05) is 6.92 Å².